The number of nitrogens with one attached hydrogen (secondary N) is 1. The maximum Gasteiger partial charge on any atom is 0.355 e. The zero-order valence-electron chi connectivity index (χ0n) is 11.6. The highest BCUT2D eigenvalue weighted by Gasteiger charge is 2.13. The van der Waals surface area contributed by atoms with E-state index in [1.54, 1.807) is 18.3 Å². The van der Waals surface area contributed by atoms with E-state index in [2.05, 4.69) is 15.2 Å². The van der Waals surface area contributed by atoms with Gasteiger partial charge in [0.1, 0.15) is 5.69 Å². The number of nitro groups is 1. The molecule has 0 aliphatic carbocycles. The molecule has 1 N–H and O–H groups in total. The SMILES string of the molecule is O=C(OCc1nnc(-c2ccc([N+](=O)[O-])cc2)o1)c1ccc[nH]1. The zero-order chi connectivity index (χ0) is 16.2. The number of nitro benzene ring substituents is 1. The number of aromatic nitrogens is 3. The summed E-state index contributed by atoms with van der Waals surface area (Å²) in [6, 6.07) is 8.93. The summed E-state index contributed by atoms with van der Waals surface area (Å²) < 4.78 is 10.4. The Labute approximate surface area is 129 Å². The van der Waals surface area contributed by atoms with Gasteiger partial charge in [0.2, 0.25) is 5.89 Å². The second kappa shape index (κ2) is 6.10. The normalized spacial score (nSPS) is 10.4. The van der Waals surface area contributed by atoms with E-state index in [0.29, 0.717) is 11.3 Å². The van der Waals surface area contributed by atoms with Crippen LogP contribution in [0.2, 0.25) is 0 Å². The van der Waals surface area contributed by atoms with Crippen LogP contribution in [-0.2, 0) is 11.3 Å². The minimum Gasteiger partial charge on any atom is -0.451 e. The number of esters is 1. The molecule has 3 rings (SSSR count). The molecule has 2 heterocycles. The number of carbonyl (C=O) groups excluding carboxylic acids is 1. The summed E-state index contributed by atoms with van der Waals surface area (Å²) in [7, 11) is 0. The van der Waals surface area contributed by atoms with E-state index in [0.717, 1.165) is 0 Å². The summed E-state index contributed by atoms with van der Waals surface area (Å²) in [6.07, 6.45) is 1.61. The fourth-order valence-corrected chi connectivity index (χ4v) is 1.82. The molecule has 1 aromatic carbocycles. The summed E-state index contributed by atoms with van der Waals surface area (Å²) in [6.45, 7) is -0.169. The number of carbonyl (C=O) groups is 1. The van der Waals surface area contributed by atoms with Gasteiger partial charge in [-0.3, -0.25) is 10.1 Å². The van der Waals surface area contributed by atoms with Gasteiger partial charge < -0.3 is 14.1 Å². The number of benzene rings is 1. The van der Waals surface area contributed by atoms with E-state index >= 15 is 0 Å². The molecule has 0 atom stereocenters. The highest BCUT2D eigenvalue weighted by molar-refractivity contribution is 5.87. The molecule has 0 saturated heterocycles. The molecular formula is C14H10N4O5. The molecule has 0 fully saturated rings. The van der Waals surface area contributed by atoms with Crippen molar-refractivity contribution in [3.63, 3.8) is 0 Å². The lowest BCUT2D eigenvalue weighted by atomic mass is 10.2. The van der Waals surface area contributed by atoms with Gasteiger partial charge in [0.15, 0.2) is 6.61 Å². The largest absolute Gasteiger partial charge is 0.451 e. The third kappa shape index (κ3) is 3.23. The molecule has 23 heavy (non-hydrogen) atoms. The number of H-pyrrole nitrogens is 1. The second-order valence-corrected chi connectivity index (χ2v) is 4.46. The Morgan fingerprint density at radius 2 is 2.04 bits per heavy atom. The molecule has 3 aromatic rings. The smallest absolute Gasteiger partial charge is 0.355 e. The average Bonchev–Trinajstić information content (AvgIpc) is 3.24. The third-order valence-electron chi connectivity index (χ3n) is 2.94. The van der Waals surface area contributed by atoms with Gasteiger partial charge >= 0.3 is 5.97 Å². The van der Waals surface area contributed by atoms with E-state index in [9.17, 15) is 14.9 Å². The van der Waals surface area contributed by atoms with Gasteiger partial charge in [-0.05, 0) is 24.3 Å². The Balaban J connectivity index is 1.66. The molecule has 0 unspecified atom stereocenters. The van der Waals surface area contributed by atoms with Gasteiger partial charge in [-0.15, -0.1) is 10.2 Å². The summed E-state index contributed by atoms with van der Waals surface area (Å²) in [4.78, 5) is 24.5. The fraction of sp³-hybridized carbons (Fsp3) is 0.0714. The van der Waals surface area contributed by atoms with Crippen molar-refractivity contribution in [2.24, 2.45) is 0 Å². The van der Waals surface area contributed by atoms with Crippen LogP contribution in [0.5, 0.6) is 0 Å². The average molecular weight is 314 g/mol. The first kappa shape index (κ1) is 14.4. The van der Waals surface area contributed by atoms with Crippen molar-refractivity contribution < 1.29 is 18.9 Å². The van der Waals surface area contributed by atoms with Crippen molar-refractivity contribution in [2.75, 3.05) is 0 Å². The van der Waals surface area contributed by atoms with Crippen LogP contribution in [0.15, 0.2) is 47.0 Å². The molecular weight excluding hydrogens is 304 g/mol. The van der Waals surface area contributed by atoms with Gasteiger partial charge in [-0.2, -0.15) is 0 Å². The number of ether oxygens (including phenoxy) is 1. The van der Waals surface area contributed by atoms with Gasteiger partial charge in [-0.1, -0.05) is 0 Å². The van der Waals surface area contributed by atoms with Crippen LogP contribution in [0.4, 0.5) is 5.69 Å². The lowest BCUT2D eigenvalue weighted by Gasteiger charge is -1.99. The van der Waals surface area contributed by atoms with Gasteiger partial charge in [0, 0.05) is 23.9 Å². The second-order valence-electron chi connectivity index (χ2n) is 4.46. The van der Waals surface area contributed by atoms with Crippen LogP contribution in [0.25, 0.3) is 11.5 Å². The first-order valence-electron chi connectivity index (χ1n) is 6.51. The number of aromatic amines is 1. The van der Waals surface area contributed by atoms with Crippen molar-refractivity contribution in [3.8, 4) is 11.5 Å². The van der Waals surface area contributed by atoms with Crippen LogP contribution >= 0.6 is 0 Å². The van der Waals surface area contributed by atoms with Crippen molar-refractivity contribution in [1.82, 2.24) is 15.2 Å². The van der Waals surface area contributed by atoms with Gasteiger partial charge in [0.25, 0.3) is 11.6 Å². The molecule has 0 amide bonds. The Bertz CT molecular complexity index is 823. The standard InChI is InChI=1S/C14H10N4O5/c19-14(11-2-1-7-15-11)22-8-12-16-17-13(23-12)9-3-5-10(6-4-9)18(20)21/h1-7,15H,8H2. The first-order valence-corrected chi connectivity index (χ1v) is 6.51. The highest BCUT2D eigenvalue weighted by Crippen LogP contribution is 2.21. The monoisotopic (exact) mass is 314 g/mol. The third-order valence-corrected chi connectivity index (χ3v) is 2.94. The van der Waals surface area contributed by atoms with E-state index in [-0.39, 0.29) is 24.1 Å². The molecule has 0 aliphatic rings. The Morgan fingerprint density at radius 1 is 1.26 bits per heavy atom. The molecule has 0 spiro atoms. The summed E-state index contributed by atoms with van der Waals surface area (Å²) in [5, 5.41) is 18.2. The lowest BCUT2D eigenvalue weighted by molar-refractivity contribution is -0.384. The summed E-state index contributed by atoms with van der Waals surface area (Å²) in [5.74, 6) is -0.228. The Morgan fingerprint density at radius 3 is 2.70 bits per heavy atom. The zero-order valence-corrected chi connectivity index (χ0v) is 11.6. The first-order chi connectivity index (χ1) is 11.1. The van der Waals surface area contributed by atoms with Crippen molar-refractivity contribution >= 4 is 11.7 Å². The topological polar surface area (TPSA) is 124 Å². The van der Waals surface area contributed by atoms with Crippen LogP contribution in [-0.4, -0.2) is 26.1 Å². The molecule has 116 valence electrons. The number of nitrogens with zero attached hydrogens (tertiary/aromatic N) is 3. The quantitative estimate of drug-likeness (QED) is 0.435. The minimum absolute atomic E-state index is 0.0339. The van der Waals surface area contributed by atoms with Crippen molar-refractivity contribution in [3.05, 3.63) is 64.3 Å². The number of non-ortho nitro benzene ring substituents is 1. The molecule has 9 nitrogen and oxygen atoms in total. The molecule has 0 aliphatic heterocycles. The van der Waals surface area contributed by atoms with Crippen LogP contribution in [0.1, 0.15) is 16.4 Å². The predicted molar refractivity (Wildman–Crippen MR) is 76.3 cm³/mol. The molecule has 9 heteroatoms. The highest BCUT2D eigenvalue weighted by atomic mass is 16.6. The molecule has 0 bridgehead atoms. The van der Waals surface area contributed by atoms with Crippen molar-refractivity contribution in [2.45, 2.75) is 6.61 Å². The Kier molecular flexibility index (Phi) is 3.83. The van der Waals surface area contributed by atoms with Gasteiger partial charge in [-0.25, -0.2) is 4.79 Å². The van der Waals surface area contributed by atoms with E-state index < -0.39 is 10.9 Å². The minimum atomic E-state index is -0.537. The van der Waals surface area contributed by atoms with Crippen LogP contribution < -0.4 is 0 Å². The molecule has 0 saturated carbocycles. The maximum absolute atomic E-state index is 11.7. The van der Waals surface area contributed by atoms with E-state index in [4.69, 9.17) is 9.15 Å². The molecule has 0 radical (unpaired) electrons. The molecule has 2 aromatic heterocycles. The fourth-order valence-electron chi connectivity index (χ4n) is 1.82. The summed E-state index contributed by atoms with van der Waals surface area (Å²) >= 11 is 0. The Hall–Kier alpha value is -3.49. The summed E-state index contributed by atoms with van der Waals surface area (Å²) in [5.41, 5.74) is 0.818. The van der Waals surface area contributed by atoms with Crippen molar-refractivity contribution in [1.29, 1.82) is 0 Å². The number of hydrogen-bond acceptors (Lipinski definition) is 7. The van der Waals surface area contributed by atoms with Crippen LogP contribution in [0.3, 0.4) is 0 Å². The van der Waals surface area contributed by atoms with E-state index in [1.807, 2.05) is 0 Å². The maximum atomic E-state index is 11.7. The number of rotatable bonds is 5. The lowest BCUT2D eigenvalue weighted by Crippen LogP contribution is -2.05. The van der Waals surface area contributed by atoms with Gasteiger partial charge in [0.05, 0.1) is 4.92 Å². The van der Waals surface area contributed by atoms with Crippen LogP contribution in [0, 0.1) is 10.1 Å². The predicted octanol–water partition coefficient (Wildman–Crippen LogP) is 2.33. The number of hydrogen-bond donors (Lipinski definition) is 1. The van der Waals surface area contributed by atoms with E-state index in [1.165, 1.54) is 24.3 Å².